The van der Waals surface area contributed by atoms with Crippen LogP contribution in [0.1, 0.15) is 64.5 Å². The van der Waals surface area contributed by atoms with E-state index in [4.69, 9.17) is 0 Å². The molecule has 1 unspecified atom stereocenters. The van der Waals surface area contributed by atoms with E-state index >= 15 is 0 Å². The van der Waals surface area contributed by atoms with Gasteiger partial charge in [0.1, 0.15) is 17.3 Å². The van der Waals surface area contributed by atoms with E-state index in [2.05, 4.69) is 37.8 Å². The Morgan fingerprint density at radius 3 is 2.73 bits per heavy atom. The molecule has 1 saturated heterocycles. The number of carbonyl (C=O) groups is 1. The van der Waals surface area contributed by atoms with Gasteiger partial charge < -0.3 is 15.7 Å². The lowest BCUT2D eigenvalue weighted by molar-refractivity contribution is 0.0665. The third kappa shape index (κ3) is 5.28. The standard InChI is InChI=1S/C30H31FN6O3S/c1-30(2)14-25-18(27(30)38)12-24(41-25)29(40)34-21-11-16(6-8-19(21)31)20-13-22(28(39)36-35-20)33-26-9-7-17(15-32-26)23-5-4-10-37(23)3/h6-9,11-13,15,23,27,38H,4-5,10,14H2,1-3H3,(H,34,40)(H,36,39)(H,32,33,35)/t23-,27?/m0/s1. The van der Waals surface area contributed by atoms with Gasteiger partial charge in [0, 0.05) is 22.7 Å². The molecule has 2 aliphatic rings. The second-order valence-electron chi connectivity index (χ2n) is 11.4. The minimum atomic E-state index is -0.647. The summed E-state index contributed by atoms with van der Waals surface area (Å²) in [6.07, 6.45) is 4.10. The predicted molar refractivity (Wildman–Crippen MR) is 157 cm³/mol. The Hall–Kier alpha value is -3.93. The van der Waals surface area contributed by atoms with Crippen molar-refractivity contribution in [2.24, 2.45) is 5.41 Å². The first kappa shape index (κ1) is 27.3. The molecular formula is C30H31FN6O3S. The molecule has 4 N–H and O–H groups in total. The molecule has 1 fully saturated rings. The van der Waals surface area contributed by atoms with Gasteiger partial charge in [0.25, 0.3) is 11.5 Å². The maximum absolute atomic E-state index is 14.7. The molecule has 0 radical (unpaired) electrons. The van der Waals surface area contributed by atoms with Gasteiger partial charge in [0.2, 0.25) is 0 Å². The number of nitrogens with zero attached hydrogens (tertiary/aromatic N) is 3. The van der Waals surface area contributed by atoms with Crippen molar-refractivity contribution in [1.82, 2.24) is 20.1 Å². The molecule has 1 aliphatic carbocycles. The zero-order chi connectivity index (χ0) is 28.9. The molecule has 0 bridgehead atoms. The highest BCUT2D eigenvalue weighted by Gasteiger charge is 2.40. The summed E-state index contributed by atoms with van der Waals surface area (Å²) in [5.41, 5.74) is 2.28. The zero-order valence-electron chi connectivity index (χ0n) is 23.0. The SMILES string of the molecule is CN1CCC[C@H]1c1ccc(Nc2cc(-c3ccc(F)c(NC(=O)c4cc5c(s4)CC(C)(C)C5O)c3)n[nH]c2=O)nc1. The van der Waals surface area contributed by atoms with E-state index in [0.717, 1.165) is 35.4 Å². The molecule has 0 saturated carbocycles. The lowest BCUT2D eigenvalue weighted by Crippen LogP contribution is -2.18. The summed E-state index contributed by atoms with van der Waals surface area (Å²) in [5.74, 6) is -0.548. The molecule has 9 nitrogen and oxygen atoms in total. The number of nitrogens with one attached hydrogen (secondary N) is 3. The van der Waals surface area contributed by atoms with Gasteiger partial charge >= 0.3 is 0 Å². The molecule has 2 atom stereocenters. The molecule has 1 aliphatic heterocycles. The molecule has 4 aromatic rings. The molecule has 1 aromatic carbocycles. The fourth-order valence-electron chi connectivity index (χ4n) is 5.61. The molecule has 212 valence electrons. The number of thiophene rings is 1. The van der Waals surface area contributed by atoms with Crippen molar-refractivity contribution < 1.29 is 14.3 Å². The molecule has 1 amide bonds. The Bertz CT molecular complexity index is 1680. The third-order valence-corrected chi connectivity index (χ3v) is 9.13. The Morgan fingerprint density at radius 1 is 1.20 bits per heavy atom. The Labute approximate surface area is 240 Å². The summed E-state index contributed by atoms with van der Waals surface area (Å²) in [7, 11) is 2.10. The van der Waals surface area contributed by atoms with Crippen molar-refractivity contribution in [2.45, 2.75) is 45.3 Å². The molecule has 11 heteroatoms. The zero-order valence-corrected chi connectivity index (χ0v) is 23.8. The summed E-state index contributed by atoms with van der Waals surface area (Å²) in [6.45, 7) is 5.03. The molecule has 0 spiro atoms. The maximum atomic E-state index is 14.7. The number of aromatic nitrogens is 3. The smallest absolute Gasteiger partial charge is 0.287 e. The van der Waals surface area contributed by atoms with Crippen molar-refractivity contribution >= 4 is 34.4 Å². The number of rotatable bonds is 6. The molecule has 41 heavy (non-hydrogen) atoms. The highest BCUT2D eigenvalue weighted by atomic mass is 32.1. The van der Waals surface area contributed by atoms with Crippen LogP contribution in [0.4, 0.5) is 21.6 Å². The number of H-pyrrole nitrogens is 1. The van der Waals surface area contributed by atoms with Gasteiger partial charge in [0.15, 0.2) is 0 Å². The van der Waals surface area contributed by atoms with Crippen molar-refractivity contribution in [3.8, 4) is 11.3 Å². The topological polar surface area (TPSA) is 123 Å². The number of hydrogen-bond acceptors (Lipinski definition) is 8. The van der Waals surface area contributed by atoms with Crippen LogP contribution >= 0.6 is 11.3 Å². The van der Waals surface area contributed by atoms with E-state index in [1.54, 1.807) is 12.1 Å². The highest BCUT2D eigenvalue weighted by Crippen LogP contribution is 2.48. The molecule has 6 rings (SSSR count). The van der Waals surface area contributed by atoms with Crippen LogP contribution in [0.15, 0.2) is 53.5 Å². The minimum absolute atomic E-state index is 0.0152. The van der Waals surface area contributed by atoms with Gasteiger partial charge in [-0.3, -0.25) is 14.5 Å². The number of aliphatic hydroxyl groups is 1. The quantitative estimate of drug-likeness (QED) is 0.243. The second-order valence-corrected chi connectivity index (χ2v) is 12.6. The minimum Gasteiger partial charge on any atom is -0.388 e. The first-order chi connectivity index (χ1) is 19.6. The molecule has 4 heterocycles. The number of halogens is 1. The summed E-state index contributed by atoms with van der Waals surface area (Å²) in [5, 5.41) is 22.9. The number of aromatic amines is 1. The predicted octanol–water partition coefficient (Wildman–Crippen LogP) is 5.41. The average Bonchev–Trinajstić information content (AvgIpc) is 3.62. The first-order valence-electron chi connectivity index (χ1n) is 13.5. The van der Waals surface area contributed by atoms with Crippen LogP contribution < -0.4 is 16.2 Å². The van der Waals surface area contributed by atoms with Gasteiger partial charge in [-0.1, -0.05) is 19.9 Å². The second kappa shape index (κ2) is 10.5. The van der Waals surface area contributed by atoms with E-state index in [0.29, 0.717) is 34.4 Å². The van der Waals surface area contributed by atoms with Crippen molar-refractivity contribution in [2.75, 3.05) is 24.2 Å². The monoisotopic (exact) mass is 574 g/mol. The summed E-state index contributed by atoms with van der Waals surface area (Å²) in [6, 6.07) is 11.7. The summed E-state index contributed by atoms with van der Waals surface area (Å²) in [4.78, 5) is 33.7. The average molecular weight is 575 g/mol. The third-order valence-electron chi connectivity index (χ3n) is 7.98. The Morgan fingerprint density at radius 2 is 2.02 bits per heavy atom. The lowest BCUT2D eigenvalue weighted by Gasteiger charge is -2.22. The fourth-order valence-corrected chi connectivity index (χ4v) is 6.94. The highest BCUT2D eigenvalue weighted by molar-refractivity contribution is 7.14. The number of carbonyl (C=O) groups excluding carboxylic acids is 1. The van der Waals surface area contributed by atoms with Crippen LogP contribution in [0, 0.1) is 11.2 Å². The Kier molecular flexibility index (Phi) is 6.96. The number of anilines is 3. The number of benzene rings is 1. The number of hydrogen-bond donors (Lipinski definition) is 4. The van der Waals surface area contributed by atoms with E-state index < -0.39 is 23.4 Å². The van der Waals surface area contributed by atoms with Gasteiger partial charge in [-0.05, 0) is 85.8 Å². The summed E-state index contributed by atoms with van der Waals surface area (Å²) >= 11 is 1.31. The van der Waals surface area contributed by atoms with Crippen LogP contribution in [0.3, 0.4) is 0 Å². The number of amides is 1. The van der Waals surface area contributed by atoms with Gasteiger partial charge in [0.05, 0.1) is 22.4 Å². The molecular weight excluding hydrogens is 543 g/mol. The fraction of sp³-hybridized carbons (Fsp3) is 0.333. The van der Waals surface area contributed by atoms with Crippen molar-refractivity contribution in [3.05, 3.63) is 85.7 Å². The number of fused-ring (bicyclic) bond motifs is 1. The van der Waals surface area contributed by atoms with Crippen LogP contribution in [-0.2, 0) is 6.42 Å². The van der Waals surface area contributed by atoms with Gasteiger partial charge in [-0.15, -0.1) is 11.3 Å². The van der Waals surface area contributed by atoms with Crippen LogP contribution in [0.5, 0.6) is 0 Å². The first-order valence-corrected chi connectivity index (χ1v) is 14.4. The number of pyridine rings is 1. The van der Waals surface area contributed by atoms with E-state index in [1.165, 1.54) is 29.5 Å². The van der Waals surface area contributed by atoms with Crippen molar-refractivity contribution in [1.29, 1.82) is 0 Å². The van der Waals surface area contributed by atoms with Crippen LogP contribution in [-0.4, -0.2) is 44.7 Å². The van der Waals surface area contributed by atoms with Crippen molar-refractivity contribution in [3.63, 3.8) is 0 Å². The van der Waals surface area contributed by atoms with E-state index in [1.807, 2.05) is 32.2 Å². The van der Waals surface area contributed by atoms with Gasteiger partial charge in [-0.25, -0.2) is 14.5 Å². The number of likely N-dealkylation sites (tertiary alicyclic amines) is 1. The van der Waals surface area contributed by atoms with E-state index in [9.17, 15) is 19.1 Å². The van der Waals surface area contributed by atoms with Gasteiger partial charge in [-0.2, -0.15) is 5.10 Å². The summed E-state index contributed by atoms with van der Waals surface area (Å²) < 4.78 is 14.7. The maximum Gasteiger partial charge on any atom is 0.287 e. The lowest BCUT2D eigenvalue weighted by atomic mass is 9.88. The normalized spacial score (nSPS) is 19.7. The van der Waals surface area contributed by atoms with E-state index in [-0.39, 0.29) is 16.8 Å². The van der Waals surface area contributed by atoms with Crippen LogP contribution in [0.25, 0.3) is 11.3 Å². The number of aliphatic hydroxyl groups excluding tert-OH is 1. The Balaban J connectivity index is 1.20. The molecule has 3 aromatic heterocycles. The largest absolute Gasteiger partial charge is 0.388 e. The van der Waals surface area contributed by atoms with Crippen LogP contribution in [0.2, 0.25) is 0 Å².